The van der Waals surface area contributed by atoms with Gasteiger partial charge < -0.3 is 24.1 Å². The van der Waals surface area contributed by atoms with Crippen LogP contribution in [0.4, 0.5) is 0 Å². The van der Waals surface area contributed by atoms with E-state index in [-0.39, 0.29) is 6.42 Å². The summed E-state index contributed by atoms with van der Waals surface area (Å²) in [6.45, 7) is 10.8. The third-order valence-electron chi connectivity index (χ3n) is 6.83. The van der Waals surface area contributed by atoms with Crippen LogP contribution in [0.1, 0.15) is 54.9 Å². The van der Waals surface area contributed by atoms with Gasteiger partial charge in [0.15, 0.2) is 0 Å². The Hall–Kier alpha value is -2.68. The summed E-state index contributed by atoms with van der Waals surface area (Å²) in [5, 5.41) is 10.9. The predicted molar refractivity (Wildman–Crippen MR) is 114 cm³/mol. The molecule has 1 saturated heterocycles. The van der Waals surface area contributed by atoms with Gasteiger partial charge in [0, 0.05) is 38.2 Å². The maximum atomic E-state index is 13.0. The van der Waals surface area contributed by atoms with Gasteiger partial charge in [0.1, 0.15) is 17.8 Å². The first-order valence-electron chi connectivity index (χ1n) is 11.0. The number of esters is 4. The molecule has 0 aromatic rings. The first-order chi connectivity index (χ1) is 15.2. The minimum atomic E-state index is -1.73. The Morgan fingerprint density at radius 1 is 1.09 bits per heavy atom. The lowest BCUT2D eigenvalue weighted by atomic mass is 9.74. The van der Waals surface area contributed by atoms with E-state index in [2.05, 4.69) is 0 Å². The van der Waals surface area contributed by atoms with Crippen molar-refractivity contribution in [3.63, 3.8) is 0 Å². The number of aliphatic hydroxyl groups is 1. The van der Waals surface area contributed by atoms with E-state index in [4.69, 9.17) is 18.9 Å². The summed E-state index contributed by atoms with van der Waals surface area (Å²) < 4.78 is 22.8. The Labute approximate surface area is 193 Å². The van der Waals surface area contributed by atoms with Gasteiger partial charge in [-0.15, -0.1) is 0 Å². The highest BCUT2D eigenvalue weighted by Crippen LogP contribution is 2.56. The summed E-state index contributed by atoms with van der Waals surface area (Å²) in [6.07, 6.45) is 0.0737. The monoisotopic (exact) mass is 464 g/mol. The zero-order valence-corrected chi connectivity index (χ0v) is 20.0. The number of carbonyl (C=O) groups excluding carboxylic acids is 4. The Morgan fingerprint density at radius 3 is 2.24 bits per heavy atom. The van der Waals surface area contributed by atoms with Crippen molar-refractivity contribution in [2.45, 2.75) is 84.4 Å². The van der Waals surface area contributed by atoms with Crippen molar-refractivity contribution in [3.05, 3.63) is 23.3 Å². The predicted octanol–water partition coefficient (Wildman–Crippen LogP) is 2.01. The summed E-state index contributed by atoms with van der Waals surface area (Å²) in [7, 11) is 0. The van der Waals surface area contributed by atoms with Crippen molar-refractivity contribution < 1.29 is 43.2 Å². The number of aliphatic hydroxyl groups excluding tert-OH is 1. The summed E-state index contributed by atoms with van der Waals surface area (Å²) in [5.41, 5.74) is -1.53. The lowest BCUT2D eigenvalue weighted by molar-refractivity contribution is -0.183. The number of carbonyl (C=O) groups is 4. The van der Waals surface area contributed by atoms with Crippen LogP contribution < -0.4 is 0 Å². The average molecular weight is 465 g/mol. The highest BCUT2D eigenvalue weighted by molar-refractivity contribution is 5.86. The molecule has 0 aromatic heterocycles. The molecular weight excluding hydrogens is 432 g/mol. The Kier molecular flexibility index (Phi) is 6.50. The van der Waals surface area contributed by atoms with Gasteiger partial charge in [-0.2, -0.15) is 0 Å². The fourth-order valence-electron chi connectivity index (χ4n) is 5.85. The number of ether oxygens (including phenoxy) is 4. The van der Waals surface area contributed by atoms with Crippen LogP contribution in [0.15, 0.2) is 23.3 Å². The Bertz CT molecular complexity index is 930. The number of hydrogen-bond donors (Lipinski definition) is 1. The van der Waals surface area contributed by atoms with E-state index in [0.717, 1.165) is 5.57 Å². The largest absolute Gasteiger partial charge is 0.459 e. The van der Waals surface area contributed by atoms with Gasteiger partial charge >= 0.3 is 23.9 Å². The fourth-order valence-corrected chi connectivity index (χ4v) is 5.85. The summed E-state index contributed by atoms with van der Waals surface area (Å²) in [4.78, 5) is 49.7. The van der Waals surface area contributed by atoms with Crippen LogP contribution in [-0.2, 0) is 38.1 Å². The Morgan fingerprint density at radius 2 is 1.70 bits per heavy atom. The van der Waals surface area contributed by atoms with E-state index in [1.807, 2.05) is 0 Å². The van der Waals surface area contributed by atoms with Crippen molar-refractivity contribution in [3.8, 4) is 0 Å². The molecule has 9 heteroatoms. The lowest BCUT2D eigenvalue weighted by Crippen LogP contribution is -2.51. The second kappa shape index (κ2) is 8.59. The minimum absolute atomic E-state index is 0.0249. The molecule has 3 rings (SSSR count). The first-order valence-corrected chi connectivity index (χ1v) is 11.0. The van der Waals surface area contributed by atoms with Crippen molar-refractivity contribution in [1.82, 2.24) is 0 Å². The number of rotatable bonds is 4. The molecule has 0 unspecified atom stereocenters. The molecule has 33 heavy (non-hydrogen) atoms. The minimum Gasteiger partial charge on any atom is -0.459 e. The molecule has 0 amide bonds. The quantitative estimate of drug-likeness (QED) is 0.288. The van der Waals surface area contributed by atoms with E-state index in [1.165, 1.54) is 26.8 Å². The molecule has 1 N–H and O–H groups in total. The molecule has 3 aliphatic rings. The average Bonchev–Trinajstić information content (AvgIpc) is 3.01. The number of hydrogen-bond acceptors (Lipinski definition) is 9. The molecule has 0 radical (unpaired) electrons. The van der Waals surface area contributed by atoms with Crippen LogP contribution in [0.25, 0.3) is 0 Å². The zero-order valence-electron chi connectivity index (χ0n) is 20.0. The van der Waals surface area contributed by atoms with Gasteiger partial charge in [0.25, 0.3) is 0 Å². The maximum absolute atomic E-state index is 13.0. The second-order valence-electron chi connectivity index (χ2n) is 9.86. The third kappa shape index (κ3) is 4.43. The van der Waals surface area contributed by atoms with Crippen molar-refractivity contribution in [2.75, 3.05) is 0 Å². The van der Waals surface area contributed by atoms with Gasteiger partial charge in [-0.05, 0) is 34.6 Å². The normalized spacial score (nSPS) is 39.3. The zero-order chi connectivity index (χ0) is 24.9. The topological polar surface area (TPSA) is 125 Å². The van der Waals surface area contributed by atoms with Crippen LogP contribution in [0.5, 0.6) is 0 Å². The molecular formula is C24H32O9. The second-order valence-corrected chi connectivity index (χ2v) is 9.86. The molecule has 0 spiro atoms. The molecule has 0 bridgehead atoms. The van der Waals surface area contributed by atoms with Gasteiger partial charge in [0.05, 0.1) is 12.0 Å². The van der Waals surface area contributed by atoms with E-state index < -0.39 is 71.1 Å². The molecule has 1 aliphatic heterocycles. The van der Waals surface area contributed by atoms with E-state index in [1.54, 1.807) is 33.8 Å². The number of allylic oxidation sites excluding steroid dienone is 1. The van der Waals surface area contributed by atoms with E-state index >= 15 is 0 Å². The smallest absolute Gasteiger partial charge is 0.351 e. The van der Waals surface area contributed by atoms with Crippen molar-refractivity contribution >= 4 is 23.9 Å². The van der Waals surface area contributed by atoms with Gasteiger partial charge in [-0.3, -0.25) is 9.59 Å². The highest BCUT2D eigenvalue weighted by Gasteiger charge is 2.69. The van der Waals surface area contributed by atoms with Gasteiger partial charge in [-0.1, -0.05) is 17.2 Å². The third-order valence-corrected chi connectivity index (χ3v) is 6.83. The van der Waals surface area contributed by atoms with Crippen molar-refractivity contribution in [1.29, 1.82) is 0 Å². The summed E-state index contributed by atoms with van der Waals surface area (Å²) in [5.74, 6) is -4.73. The van der Waals surface area contributed by atoms with Gasteiger partial charge in [-0.25, -0.2) is 9.59 Å². The molecule has 0 aromatic carbocycles. The lowest BCUT2D eigenvalue weighted by Gasteiger charge is -2.40. The standard InChI is InChI=1S/C24H32O9/c1-11(2)8-17(28)30-16-10-23(6,32-13(4)25)19-15(27)9-12(3)18(19)21-20(16)24(7,22(29)31-21)33-14(5)26/h8-9,15-16,18-21,27H,10H2,1-7H3/t15-,16+,18-,19+,20-,21+,23+,24+/m1/s1. The maximum Gasteiger partial charge on any atom is 0.351 e. The summed E-state index contributed by atoms with van der Waals surface area (Å²) >= 11 is 0. The Balaban J connectivity index is 2.18. The van der Waals surface area contributed by atoms with Gasteiger partial charge in [0.2, 0.25) is 5.60 Å². The van der Waals surface area contributed by atoms with Crippen LogP contribution in [-0.4, -0.2) is 58.5 Å². The molecule has 2 aliphatic carbocycles. The van der Waals surface area contributed by atoms with Crippen LogP contribution in [0, 0.1) is 17.8 Å². The molecule has 2 fully saturated rings. The molecule has 9 nitrogen and oxygen atoms in total. The SMILES string of the molecule is CC(=O)O[C@@]1(C)C[C@H](OC(=O)C=C(C)C)[C@@H]2[C@@H](OC(=O)[C@@]2(C)OC(C)=O)[C@@H]2C(C)=C[C@@H](O)[C@@H]21. The van der Waals surface area contributed by atoms with Crippen molar-refractivity contribution in [2.24, 2.45) is 17.8 Å². The van der Waals surface area contributed by atoms with Crippen LogP contribution in [0.3, 0.4) is 0 Å². The molecule has 182 valence electrons. The fraction of sp³-hybridized carbons (Fsp3) is 0.667. The molecule has 1 saturated carbocycles. The highest BCUT2D eigenvalue weighted by atomic mass is 16.6. The van der Waals surface area contributed by atoms with E-state index in [0.29, 0.717) is 5.57 Å². The summed E-state index contributed by atoms with van der Waals surface area (Å²) in [6, 6.07) is 0. The number of fused-ring (bicyclic) bond motifs is 3. The van der Waals surface area contributed by atoms with Crippen LogP contribution >= 0.6 is 0 Å². The first kappa shape index (κ1) is 25.0. The molecule has 1 heterocycles. The van der Waals surface area contributed by atoms with Crippen LogP contribution in [0.2, 0.25) is 0 Å². The van der Waals surface area contributed by atoms with E-state index in [9.17, 15) is 24.3 Å². The molecule has 8 atom stereocenters.